The van der Waals surface area contributed by atoms with Gasteiger partial charge in [-0.25, -0.2) is 4.39 Å². The van der Waals surface area contributed by atoms with Crippen LogP contribution in [0.4, 0.5) is 4.39 Å². The summed E-state index contributed by atoms with van der Waals surface area (Å²) in [4.78, 5) is 0. The predicted molar refractivity (Wildman–Crippen MR) is 114 cm³/mol. The molecule has 6 nitrogen and oxygen atoms in total. The lowest BCUT2D eigenvalue weighted by molar-refractivity contribution is 0.392. The number of halogens is 1. The van der Waals surface area contributed by atoms with Crippen molar-refractivity contribution >= 4 is 0 Å². The highest BCUT2D eigenvalue weighted by molar-refractivity contribution is 5.52. The molecule has 0 saturated heterocycles. The molecule has 1 atom stereocenters. The molecule has 0 aliphatic carbocycles. The van der Waals surface area contributed by atoms with Gasteiger partial charge in [-0.3, -0.25) is 5.32 Å². The Kier molecular flexibility index (Phi) is 6.24. The van der Waals surface area contributed by atoms with Crippen molar-refractivity contribution in [2.45, 2.75) is 12.6 Å². The van der Waals surface area contributed by atoms with E-state index < -0.39 is 6.04 Å². The van der Waals surface area contributed by atoms with Gasteiger partial charge in [0, 0.05) is 17.7 Å². The molecule has 0 amide bonds. The molecular weight excluding hydrogens is 397 g/mol. The Morgan fingerprint density at radius 3 is 2.42 bits per heavy atom. The van der Waals surface area contributed by atoms with E-state index in [0.29, 0.717) is 18.3 Å². The third-order valence-corrected chi connectivity index (χ3v) is 4.90. The first-order chi connectivity index (χ1) is 15.2. The third-order valence-electron chi connectivity index (χ3n) is 4.90. The largest absolute Gasteiger partial charge is 0.497 e. The molecule has 0 spiro atoms. The number of hydrogen-bond donors (Lipinski definition) is 1. The van der Waals surface area contributed by atoms with E-state index in [1.54, 1.807) is 26.4 Å². The fraction of sp³-hybridized carbons (Fsp3) is 0.167. The molecule has 4 aromatic rings. The predicted octanol–water partition coefficient (Wildman–Crippen LogP) is 4.77. The SMILES string of the molecule is COc1ccc(OC)c(CN[C@@H](c2ccc(F)cc2)c2nnc(-c3ccccc3)o2)c1. The molecule has 0 unspecified atom stereocenters. The monoisotopic (exact) mass is 419 g/mol. The van der Waals surface area contributed by atoms with Gasteiger partial charge in [0.2, 0.25) is 11.8 Å². The topological polar surface area (TPSA) is 69.4 Å². The lowest BCUT2D eigenvalue weighted by Crippen LogP contribution is -2.22. The smallest absolute Gasteiger partial charge is 0.247 e. The Bertz CT molecular complexity index is 1130. The lowest BCUT2D eigenvalue weighted by atomic mass is 10.1. The summed E-state index contributed by atoms with van der Waals surface area (Å²) in [5, 5.41) is 11.9. The van der Waals surface area contributed by atoms with Gasteiger partial charge >= 0.3 is 0 Å². The first kappa shape index (κ1) is 20.6. The van der Waals surface area contributed by atoms with Crippen LogP contribution in [0.15, 0.2) is 77.2 Å². The maximum Gasteiger partial charge on any atom is 0.247 e. The van der Waals surface area contributed by atoms with Crippen molar-refractivity contribution in [1.82, 2.24) is 15.5 Å². The van der Waals surface area contributed by atoms with Gasteiger partial charge in [0.1, 0.15) is 23.4 Å². The highest BCUT2D eigenvalue weighted by atomic mass is 19.1. The number of benzene rings is 3. The van der Waals surface area contributed by atoms with Crippen molar-refractivity contribution < 1.29 is 18.3 Å². The van der Waals surface area contributed by atoms with Crippen LogP contribution in [0, 0.1) is 5.82 Å². The number of nitrogens with zero attached hydrogens (tertiary/aromatic N) is 2. The van der Waals surface area contributed by atoms with Crippen molar-refractivity contribution in [2.75, 3.05) is 14.2 Å². The van der Waals surface area contributed by atoms with Crippen LogP contribution in [0.1, 0.15) is 23.1 Å². The fourth-order valence-corrected chi connectivity index (χ4v) is 3.28. The van der Waals surface area contributed by atoms with Crippen LogP contribution in [0.2, 0.25) is 0 Å². The van der Waals surface area contributed by atoms with Crippen LogP contribution in [0.5, 0.6) is 11.5 Å². The second-order valence-corrected chi connectivity index (χ2v) is 6.85. The molecule has 0 aliphatic rings. The maximum atomic E-state index is 13.5. The molecule has 158 valence electrons. The first-order valence-corrected chi connectivity index (χ1v) is 9.76. The second kappa shape index (κ2) is 9.40. The summed E-state index contributed by atoms with van der Waals surface area (Å²) >= 11 is 0. The van der Waals surface area contributed by atoms with Gasteiger partial charge in [-0.05, 0) is 48.0 Å². The number of ether oxygens (including phenoxy) is 2. The maximum absolute atomic E-state index is 13.5. The van der Waals surface area contributed by atoms with Crippen LogP contribution in [0.25, 0.3) is 11.5 Å². The summed E-state index contributed by atoms with van der Waals surface area (Å²) in [7, 11) is 3.23. The number of nitrogens with one attached hydrogen (secondary N) is 1. The van der Waals surface area contributed by atoms with E-state index in [-0.39, 0.29) is 5.82 Å². The molecule has 3 aromatic carbocycles. The zero-order chi connectivity index (χ0) is 21.6. The summed E-state index contributed by atoms with van der Waals surface area (Å²) in [6.45, 7) is 0.436. The van der Waals surface area contributed by atoms with E-state index in [0.717, 1.165) is 28.2 Å². The standard InChI is InChI=1S/C24H22FN3O3/c1-29-20-12-13-21(30-2)18(14-20)15-26-22(16-8-10-19(25)11-9-16)24-28-27-23(31-24)17-6-4-3-5-7-17/h3-14,22,26H,15H2,1-2H3/t22-/m0/s1. The molecule has 31 heavy (non-hydrogen) atoms. The summed E-state index contributed by atoms with van der Waals surface area (Å²) in [6.07, 6.45) is 0. The van der Waals surface area contributed by atoms with Gasteiger partial charge in [0.25, 0.3) is 0 Å². The minimum absolute atomic E-state index is 0.313. The van der Waals surface area contributed by atoms with Gasteiger partial charge in [0.15, 0.2) is 0 Å². The Hall–Kier alpha value is -3.71. The number of rotatable bonds is 8. The van der Waals surface area contributed by atoms with Crippen LogP contribution >= 0.6 is 0 Å². The average Bonchev–Trinajstić information content (AvgIpc) is 3.31. The summed E-state index contributed by atoms with van der Waals surface area (Å²) < 4.78 is 30.3. The Morgan fingerprint density at radius 2 is 1.71 bits per heavy atom. The zero-order valence-corrected chi connectivity index (χ0v) is 17.2. The van der Waals surface area contributed by atoms with Crippen LogP contribution in [-0.4, -0.2) is 24.4 Å². The van der Waals surface area contributed by atoms with Crippen molar-refractivity contribution in [3.8, 4) is 23.0 Å². The molecule has 0 aliphatic heterocycles. The van der Waals surface area contributed by atoms with Crippen molar-refractivity contribution in [2.24, 2.45) is 0 Å². The normalized spacial score (nSPS) is 11.8. The quantitative estimate of drug-likeness (QED) is 0.444. The molecule has 4 rings (SSSR count). The highest BCUT2D eigenvalue weighted by Crippen LogP contribution is 2.28. The van der Waals surface area contributed by atoms with Gasteiger partial charge in [0.05, 0.1) is 14.2 Å². The Labute approximate surface area is 179 Å². The molecule has 1 heterocycles. The van der Waals surface area contributed by atoms with Gasteiger partial charge in [-0.1, -0.05) is 30.3 Å². The molecular formula is C24H22FN3O3. The number of hydrogen-bond acceptors (Lipinski definition) is 6. The Balaban J connectivity index is 1.65. The Morgan fingerprint density at radius 1 is 0.935 bits per heavy atom. The average molecular weight is 419 g/mol. The number of aromatic nitrogens is 2. The minimum atomic E-state index is -0.443. The third kappa shape index (κ3) is 4.73. The highest BCUT2D eigenvalue weighted by Gasteiger charge is 2.22. The van der Waals surface area contributed by atoms with E-state index in [4.69, 9.17) is 13.9 Å². The minimum Gasteiger partial charge on any atom is -0.497 e. The van der Waals surface area contributed by atoms with Gasteiger partial charge in [-0.2, -0.15) is 0 Å². The van der Waals surface area contributed by atoms with E-state index in [1.807, 2.05) is 48.5 Å². The summed E-state index contributed by atoms with van der Waals surface area (Å²) in [5.41, 5.74) is 2.52. The summed E-state index contributed by atoms with van der Waals surface area (Å²) in [6, 6.07) is 20.9. The summed E-state index contributed by atoms with van der Waals surface area (Å²) in [5.74, 6) is 1.94. The first-order valence-electron chi connectivity index (χ1n) is 9.76. The van der Waals surface area contributed by atoms with E-state index in [1.165, 1.54) is 12.1 Å². The van der Waals surface area contributed by atoms with E-state index in [2.05, 4.69) is 15.5 Å². The molecule has 1 aromatic heterocycles. The molecule has 0 saturated carbocycles. The molecule has 0 bridgehead atoms. The second-order valence-electron chi connectivity index (χ2n) is 6.85. The van der Waals surface area contributed by atoms with Crippen LogP contribution < -0.4 is 14.8 Å². The molecule has 0 radical (unpaired) electrons. The molecule has 0 fully saturated rings. The van der Waals surface area contributed by atoms with E-state index >= 15 is 0 Å². The van der Waals surface area contributed by atoms with Crippen molar-refractivity contribution in [3.63, 3.8) is 0 Å². The fourth-order valence-electron chi connectivity index (χ4n) is 3.28. The van der Waals surface area contributed by atoms with Crippen LogP contribution in [-0.2, 0) is 6.54 Å². The molecule has 1 N–H and O–H groups in total. The lowest BCUT2D eigenvalue weighted by Gasteiger charge is -2.17. The number of methoxy groups -OCH3 is 2. The molecule has 7 heteroatoms. The van der Waals surface area contributed by atoms with Gasteiger partial charge < -0.3 is 13.9 Å². The van der Waals surface area contributed by atoms with E-state index in [9.17, 15) is 4.39 Å². The van der Waals surface area contributed by atoms with Crippen LogP contribution in [0.3, 0.4) is 0 Å². The zero-order valence-electron chi connectivity index (χ0n) is 17.2. The van der Waals surface area contributed by atoms with Crippen molar-refractivity contribution in [3.05, 3.63) is 95.6 Å². The van der Waals surface area contributed by atoms with Crippen molar-refractivity contribution in [1.29, 1.82) is 0 Å². The van der Waals surface area contributed by atoms with Gasteiger partial charge in [-0.15, -0.1) is 10.2 Å².